The second-order valence-corrected chi connectivity index (χ2v) is 26.9. The number of carbonyl (C=O) groups excluding carboxylic acids is 5. The molecule has 2 bridgehead atoms. The Bertz CT molecular complexity index is 2460. The molecule has 440 valence electrons. The average molecular weight is 1120 g/mol. The zero-order valence-electron chi connectivity index (χ0n) is 50.3. The molecule has 2 N–H and O–H groups in total. The molecule has 4 aliphatic carbocycles. The zero-order valence-corrected chi connectivity index (χ0v) is 51.1. The summed E-state index contributed by atoms with van der Waals surface area (Å²) in [5, 5.41) is 14.2. The number of nitrogens with zero attached hydrogens (tertiary/aromatic N) is 2. The van der Waals surface area contributed by atoms with Gasteiger partial charge in [0.25, 0.3) is 0 Å². The number of ether oxygens (including phenoxy) is 5. The number of rotatable bonds is 15. The van der Waals surface area contributed by atoms with Crippen molar-refractivity contribution in [3.05, 3.63) is 58.7 Å². The van der Waals surface area contributed by atoms with Crippen LogP contribution in [-0.2, 0) is 44.5 Å². The maximum absolute atomic E-state index is 14.3. The van der Waals surface area contributed by atoms with Crippen LogP contribution in [0.25, 0.3) is 0 Å². The predicted molar refractivity (Wildman–Crippen MR) is 311 cm³/mol. The van der Waals surface area contributed by atoms with Gasteiger partial charge in [0.2, 0.25) is 17.7 Å². The first-order valence-electron chi connectivity index (χ1n) is 29.8. The number of fused-ring (bicyclic) bond motifs is 8. The van der Waals surface area contributed by atoms with Gasteiger partial charge in [-0.25, -0.2) is 4.79 Å². The molecule has 6 aliphatic rings. The highest BCUT2D eigenvalue weighted by Crippen LogP contribution is 2.67. The highest BCUT2D eigenvalue weighted by molar-refractivity contribution is 8.13. The molecule has 1 aromatic carbocycles. The molecule has 15 heteroatoms. The Balaban J connectivity index is 0.930. The number of carbonyl (C=O) groups is 5. The second kappa shape index (κ2) is 26.4. The molecule has 4 fully saturated rings. The topological polar surface area (TPSA) is 174 Å². The summed E-state index contributed by atoms with van der Waals surface area (Å²) in [7, 11) is 6.25. The Labute approximate surface area is 477 Å². The van der Waals surface area contributed by atoms with Crippen molar-refractivity contribution in [2.24, 2.45) is 58.2 Å². The van der Waals surface area contributed by atoms with Gasteiger partial charge in [-0.2, -0.15) is 0 Å². The van der Waals surface area contributed by atoms with Gasteiger partial charge in [0.15, 0.2) is 5.72 Å². The summed E-state index contributed by atoms with van der Waals surface area (Å²) in [6.07, 6.45) is 17.4. The number of allylic oxidation sites excluding steroid dienone is 4. The fourth-order valence-electron chi connectivity index (χ4n) is 15.1. The smallest absolute Gasteiger partial charge is 0.367 e. The molecule has 15 atom stereocenters. The summed E-state index contributed by atoms with van der Waals surface area (Å²) in [6.45, 7) is 21.6. The molecule has 2 aliphatic heterocycles. The number of epoxide rings is 1. The van der Waals surface area contributed by atoms with Gasteiger partial charge in [-0.3, -0.25) is 19.2 Å². The number of nitrogens with one attached hydrogen (secondary N) is 1. The van der Waals surface area contributed by atoms with E-state index in [1.807, 2.05) is 39.0 Å². The van der Waals surface area contributed by atoms with Gasteiger partial charge in [0, 0.05) is 52.3 Å². The van der Waals surface area contributed by atoms with Crippen molar-refractivity contribution in [1.29, 1.82) is 0 Å². The molecular weight excluding hydrogens is 1020 g/mol. The third-order valence-corrected chi connectivity index (χ3v) is 21.1. The van der Waals surface area contributed by atoms with E-state index in [1.54, 1.807) is 31.2 Å². The van der Waals surface area contributed by atoms with Gasteiger partial charge >= 0.3 is 11.3 Å². The molecule has 7 rings (SSSR count). The van der Waals surface area contributed by atoms with Gasteiger partial charge in [0.05, 0.1) is 25.3 Å². The van der Waals surface area contributed by atoms with Crippen LogP contribution in [0.3, 0.4) is 0 Å². The van der Waals surface area contributed by atoms with E-state index in [0.29, 0.717) is 35.6 Å². The standard InChI is InChI=1S/C64H97N3O11S/c1-38(2)40(4)18-19-41(5)49-22-23-50-48-21-20-46-35-47(25-28-62(46,9)51(48)26-29-63(49,50)10)76-61(72)79-31-27-56(69)66(11)37-58(71)77-54-36-57(70)67(12)52-33-45(34-53(74-13)43(52)7)32-39(3)16-15-17-55(75-14)64(73,65-44(8)68)30-24-42(6)59-60(54)78-59/h15-17,20,33-34,38,40-42,47-51,54-55,59-60,73H,18-19,21-32,35-37H2,1-14H3,(H,65,68)/b17-15+,39-16+/t40?,41-,42?,47?,48?,49?,50?,51?,54?,55?,59?,60?,62?,63?,64?/m1/s1. The lowest BCUT2D eigenvalue weighted by molar-refractivity contribution is -0.155. The van der Waals surface area contributed by atoms with Gasteiger partial charge in [0.1, 0.15) is 36.7 Å². The van der Waals surface area contributed by atoms with Gasteiger partial charge in [-0.1, -0.05) is 96.8 Å². The molecule has 14 unspecified atom stereocenters. The molecule has 0 aromatic heterocycles. The maximum Gasteiger partial charge on any atom is 0.367 e. The quantitative estimate of drug-likeness (QED) is 0.0737. The number of thioether (sulfide) groups is 1. The van der Waals surface area contributed by atoms with E-state index < -0.39 is 42.0 Å². The highest BCUT2D eigenvalue weighted by Gasteiger charge is 2.59. The van der Waals surface area contributed by atoms with Crippen LogP contribution < -0.4 is 15.0 Å². The van der Waals surface area contributed by atoms with Crippen molar-refractivity contribution in [2.75, 3.05) is 45.5 Å². The lowest BCUT2D eigenvalue weighted by Gasteiger charge is -2.58. The predicted octanol–water partition coefficient (Wildman–Crippen LogP) is 11.7. The van der Waals surface area contributed by atoms with Gasteiger partial charge < -0.3 is 43.9 Å². The minimum atomic E-state index is -1.75. The molecule has 2 heterocycles. The van der Waals surface area contributed by atoms with Crippen LogP contribution in [0.1, 0.15) is 163 Å². The number of hydrogen-bond donors (Lipinski definition) is 2. The lowest BCUT2D eigenvalue weighted by Crippen LogP contribution is -2.56. The first-order valence-corrected chi connectivity index (χ1v) is 30.7. The first kappa shape index (κ1) is 62.4. The van der Waals surface area contributed by atoms with Crippen LogP contribution in [0.4, 0.5) is 10.5 Å². The number of anilines is 1. The van der Waals surface area contributed by atoms with Crippen LogP contribution in [0.5, 0.6) is 5.75 Å². The Morgan fingerprint density at radius 2 is 1.70 bits per heavy atom. The van der Waals surface area contributed by atoms with Crippen molar-refractivity contribution >= 4 is 46.4 Å². The number of aliphatic hydroxyl groups is 1. The van der Waals surface area contributed by atoms with E-state index in [0.717, 1.165) is 89.7 Å². The lowest BCUT2D eigenvalue weighted by atomic mass is 9.47. The first-order chi connectivity index (χ1) is 37.3. The van der Waals surface area contributed by atoms with E-state index in [9.17, 15) is 29.1 Å². The van der Waals surface area contributed by atoms with Crippen LogP contribution in [-0.4, -0.2) is 116 Å². The SMILES string of the molecule is COc1cc2cc(c1C)N(C)C(=O)CC(OC(=O)CN(C)C(=O)CCSC(=O)OC1CCC3(C)C(=CCC4C3CCC3(C)C4CCC3[C@H](C)CCC(C)C(C)C)C1)C1OC1C(C)CCC(O)(NC(C)=O)C(OC)/C=C/C=C(\C)C2. The fraction of sp³-hybridized carbons (Fsp3) is 0.734. The third-order valence-electron chi connectivity index (χ3n) is 20.4. The number of likely N-dealkylation sites (N-methyl/N-ethyl adjacent to an activating group) is 1. The summed E-state index contributed by atoms with van der Waals surface area (Å²) in [4.78, 5) is 70.0. The molecule has 3 amide bonds. The molecule has 0 radical (unpaired) electrons. The number of benzene rings is 1. The monoisotopic (exact) mass is 1120 g/mol. The van der Waals surface area contributed by atoms with Crippen molar-refractivity contribution in [1.82, 2.24) is 10.2 Å². The van der Waals surface area contributed by atoms with Crippen LogP contribution in [0.15, 0.2) is 47.6 Å². The molecule has 1 saturated heterocycles. The minimum Gasteiger partial charge on any atom is -0.496 e. The number of hydrogen-bond acceptors (Lipinski definition) is 12. The molecule has 79 heavy (non-hydrogen) atoms. The Morgan fingerprint density at radius 1 is 0.949 bits per heavy atom. The average Bonchev–Trinajstić information content (AvgIpc) is 4.36. The minimum absolute atomic E-state index is 0.0110. The van der Waals surface area contributed by atoms with E-state index in [1.165, 1.54) is 70.1 Å². The van der Waals surface area contributed by atoms with E-state index in [-0.39, 0.29) is 66.1 Å². The summed E-state index contributed by atoms with van der Waals surface area (Å²) in [5.41, 5.74) is 3.56. The number of esters is 1. The third kappa shape index (κ3) is 14.5. The molecule has 0 spiro atoms. The summed E-state index contributed by atoms with van der Waals surface area (Å²) >= 11 is 0.995. The Hall–Kier alpha value is -4.18. The van der Waals surface area contributed by atoms with Gasteiger partial charge in [-0.05, 0) is 166 Å². The highest BCUT2D eigenvalue weighted by atomic mass is 32.2. The van der Waals surface area contributed by atoms with Crippen molar-refractivity contribution in [2.45, 2.75) is 202 Å². The number of amides is 3. The zero-order chi connectivity index (χ0) is 57.7. The Kier molecular flexibility index (Phi) is 20.8. The van der Waals surface area contributed by atoms with Gasteiger partial charge in [-0.15, -0.1) is 0 Å². The fourth-order valence-corrected chi connectivity index (χ4v) is 15.8. The number of methoxy groups -OCH3 is 2. The van der Waals surface area contributed by atoms with Crippen LogP contribution >= 0.6 is 11.8 Å². The van der Waals surface area contributed by atoms with Crippen molar-refractivity contribution in [3.63, 3.8) is 0 Å². The van der Waals surface area contributed by atoms with Crippen LogP contribution in [0, 0.1) is 65.1 Å². The molecule has 14 nitrogen and oxygen atoms in total. The van der Waals surface area contributed by atoms with E-state index in [2.05, 4.69) is 52.9 Å². The summed E-state index contributed by atoms with van der Waals surface area (Å²) < 4.78 is 29.8. The second-order valence-electron chi connectivity index (χ2n) is 25.9. The summed E-state index contributed by atoms with van der Waals surface area (Å²) in [5.74, 6) is 4.11. The van der Waals surface area contributed by atoms with Crippen LogP contribution in [0.2, 0.25) is 0 Å². The maximum atomic E-state index is 14.3. The largest absolute Gasteiger partial charge is 0.496 e. The van der Waals surface area contributed by atoms with Crippen molar-refractivity contribution < 1.29 is 52.8 Å². The van der Waals surface area contributed by atoms with E-state index >= 15 is 0 Å². The Morgan fingerprint density at radius 3 is 2.39 bits per heavy atom. The summed E-state index contributed by atoms with van der Waals surface area (Å²) in [6, 6.07) is 3.87. The normalized spacial score (nSPS) is 34.7. The van der Waals surface area contributed by atoms with E-state index in [4.69, 9.17) is 23.7 Å². The molecular formula is C64H97N3O11S. The van der Waals surface area contributed by atoms with Crippen molar-refractivity contribution in [3.8, 4) is 5.75 Å². The molecule has 1 aromatic rings. The molecule has 3 saturated carbocycles.